The first-order chi connectivity index (χ1) is 9.90. The summed E-state index contributed by atoms with van der Waals surface area (Å²) in [7, 11) is 3.31. The van der Waals surface area contributed by atoms with Crippen molar-refractivity contribution in [3.63, 3.8) is 0 Å². The number of aromatic nitrogens is 1. The third-order valence-electron chi connectivity index (χ3n) is 3.77. The van der Waals surface area contributed by atoms with Gasteiger partial charge in [0.05, 0.1) is 12.7 Å². The zero-order valence-electron chi connectivity index (χ0n) is 13.1. The Hall–Kier alpha value is -2.07. The number of ether oxygens (including phenoxy) is 2. The smallest absolute Gasteiger partial charge is 0.255 e. The summed E-state index contributed by atoms with van der Waals surface area (Å²) < 4.78 is 11.1. The minimum absolute atomic E-state index is 0.108. The molecule has 1 N–H and O–H groups in total. The van der Waals surface area contributed by atoms with Gasteiger partial charge < -0.3 is 14.5 Å². The molecule has 0 radical (unpaired) electrons. The molecular weight excluding hydrogens is 266 g/mol. The van der Waals surface area contributed by atoms with Crippen LogP contribution in [0.3, 0.4) is 0 Å². The SMILES string of the molecule is COc1c(C)cc(-c2ccc[nH]c2=O)cc1C(C)(C)OC. The minimum Gasteiger partial charge on any atom is -0.496 e. The Morgan fingerprint density at radius 1 is 1.19 bits per heavy atom. The molecule has 0 saturated carbocycles. The number of aryl methyl sites for hydroxylation is 1. The first kappa shape index (κ1) is 15.3. The number of rotatable bonds is 4. The number of pyridine rings is 1. The standard InChI is InChI=1S/C17H21NO3/c1-11-9-12(13-7-6-8-18-16(13)19)10-14(15(11)20-4)17(2,3)21-5/h6-10H,1-5H3,(H,18,19). The summed E-state index contributed by atoms with van der Waals surface area (Å²) in [5.41, 5.74) is 2.77. The van der Waals surface area contributed by atoms with E-state index in [0.717, 1.165) is 22.4 Å². The van der Waals surface area contributed by atoms with Crippen LogP contribution in [0.1, 0.15) is 25.0 Å². The lowest BCUT2D eigenvalue weighted by molar-refractivity contribution is 0.0172. The van der Waals surface area contributed by atoms with Crippen molar-refractivity contribution < 1.29 is 9.47 Å². The number of hydrogen-bond donors (Lipinski definition) is 1. The first-order valence-corrected chi connectivity index (χ1v) is 6.83. The van der Waals surface area contributed by atoms with E-state index < -0.39 is 5.60 Å². The van der Waals surface area contributed by atoms with Crippen molar-refractivity contribution in [2.45, 2.75) is 26.4 Å². The highest BCUT2D eigenvalue weighted by molar-refractivity contribution is 5.67. The Morgan fingerprint density at radius 2 is 1.90 bits per heavy atom. The van der Waals surface area contributed by atoms with Crippen LogP contribution in [0.15, 0.2) is 35.3 Å². The largest absolute Gasteiger partial charge is 0.496 e. The van der Waals surface area contributed by atoms with Crippen molar-refractivity contribution in [3.05, 3.63) is 51.9 Å². The van der Waals surface area contributed by atoms with E-state index in [2.05, 4.69) is 4.98 Å². The molecule has 1 heterocycles. The van der Waals surface area contributed by atoms with Crippen molar-refractivity contribution in [1.29, 1.82) is 0 Å². The minimum atomic E-state index is -0.506. The molecule has 0 amide bonds. The molecule has 4 heteroatoms. The monoisotopic (exact) mass is 287 g/mol. The number of methoxy groups -OCH3 is 2. The Bertz CT molecular complexity index is 701. The molecule has 2 aromatic rings. The molecule has 0 unspecified atom stereocenters. The lowest BCUT2D eigenvalue weighted by Crippen LogP contribution is -2.21. The molecule has 1 aromatic carbocycles. The fraction of sp³-hybridized carbons (Fsp3) is 0.353. The molecule has 0 bridgehead atoms. The maximum atomic E-state index is 12.0. The molecule has 0 fully saturated rings. The zero-order valence-corrected chi connectivity index (χ0v) is 13.1. The molecule has 4 nitrogen and oxygen atoms in total. The summed E-state index contributed by atoms with van der Waals surface area (Å²) in [6.07, 6.45) is 1.63. The van der Waals surface area contributed by atoms with Gasteiger partial charge >= 0.3 is 0 Å². The average Bonchev–Trinajstić information content (AvgIpc) is 2.47. The average molecular weight is 287 g/mol. The van der Waals surface area contributed by atoms with E-state index in [4.69, 9.17) is 9.47 Å². The lowest BCUT2D eigenvalue weighted by Gasteiger charge is -2.27. The third kappa shape index (κ3) is 2.85. The second-order valence-corrected chi connectivity index (χ2v) is 5.50. The van der Waals surface area contributed by atoms with Crippen LogP contribution in [0.5, 0.6) is 5.75 Å². The van der Waals surface area contributed by atoms with Gasteiger partial charge in [0, 0.05) is 24.4 Å². The number of benzene rings is 1. The summed E-state index contributed by atoms with van der Waals surface area (Å²) >= 11 is 0. The van der Waals surface area contributed by atoms with Gasteiger partial charge in [0.2, 0.25) is 0 Å². The maximum Gasteiger partial charge on any atom is 0.255 e. The summed E-state index contributed by atoms with van der Waals surface area (Å²) in [4.78, 5) is 14.7. The van der Waals surface area contributed by atoms with Gasteiger partial charge in [0.15, 0.2) is 0 Å². The van der Waals surface area contributed by atoms with E-state index in [-0.39, 0.29) is 5.56 Å². The maximum absolute atomic E-state index is 12.0. The predicted octanol–water partition coefficient (Wildman–Crippen LogP) is 3.24. The van der Waals surface area contributed by atoms with Crippen LogP contribution in [-0.4, -0.2) is 19.2 Å². The lowest BCUT2D eigenvalue weighted by atomic mass is 9.91. The number of H-pyrrole nitrogens is 1. The molecular formula is C17H21NO3. The first-order valence-electron chi connectivity index (χ1n) is 6.83. The van der Waals surface area contributed by atoms with Crippen LogP contribution >= 0.6 is 0 Å². The van der Waals surface area contributed by atoms with E-state index in [1.165, 1.54) is 0 Å². The number of hydrogen-bond acceptors (Lipinski definition) is 3. The second kappa shape index (κ2) is 5.74. The molecule has 0 aliphatic rings. The van der Waals surface area contributed by atoms with Crippen LogP contribution < -0.4 is 10.3 Å². The Labute approximate surface area is 124 Å². The van der Waals surface area contributed by atoms with Gasteiger partial charge in [0.1, 0.15) is 5.75 Å². The third-order valence-corrected chi connectivity index (χ3v) is 3.77. The highest BCUT2D eigenvalue weighted by Crippen LogP contribution is 2.37. The van der Waals surface area contributed by atoms with Gasteiger partial charge in [-0.2, -0.15) is 0 Å². The van der Waals surface area contributed by atoms with Crippen LogP contribution in [0, 0.1) is 6.92 Å². The van der Waals surface area contributed by atoms with Crippen molar-refractivity contribution >= 4 is 0 Å². The highest BCUT2D eigenvalue weighted by Gasteiger charge is 2.26. The fourth-order valence-corrected chi connectivity index (χ4v) is 2.41. The molecule has 112 valence electrons. The molecule has 0 saturated heterocycles. The van der Waals surface area contributed by atoms with E-state index in [0.29, 0.717) is 5.56 Å². The van der Waals surface area contributed by atoms with E-state index in [1.807, 2.05) is 45.0 Å². The van der Waals surface area contributed by atoms with E-state index >= 15 is 0 Å². The Kier molecular flexibility index (Phi) is 4.19. The molecule has 0 aliphatic heterocycles. The van der Waals surface area contributed by atoms with Gasteiger partial charge in [-0.3, -0.25) is 4.79 Å². The van der Waals surface area contributed by atoms with Crippen molar-refractivity contribution in [2.24, 2.45) is 0 Å². The summed E-state index contributed by atoms with van der Waals surface area (Å²) in [5.74, 6) is 0.790. The zero-order chi connectivity index (χ0) is 15.6. The van der Waals surface area contributed by atoms with Crippen LogP contribution in [-0.2, 0) is 10.3 Å². The van der Waals surface area contributed by atoms with Gasteiger partial charge in [-0.15, -0.1) is 0 Å². The summed E-state index contributed by atoms with van der Waals surface area (Å²) in [5, 5.41) is 0. The van der Waals surface area contributed by atoms with Gasteiger partial charge in [-0.25, -0.2) is 0 Å². The van der Waals surface area contributed by atoms with Crippen molar-refractivity contribution in [3.8, 4) is 16.9 Å². The van der Waals surface area contributed by atoms with Gasteiger partial charge in [0.25, 0.3) is 5.56 Å². The topological polar surface area (TPSA) is 51.3 Å². The molecule has 0 aliphatic carbocycles. The molecule has 2 rings (SSSR count). The molecule has 0 spiro atoms. The van der Waals surface area contributed by atoms with E-state index in [1.54, 1.807) is 20.4 Å². The molecule has 21 heavy (non-hydrogen) atoms. The summed E-state index contributed by atoms with van der Waals surface area (Å²) in [6.45, 7) is 5.92. The van der Waals surface area contributed by atoms with Crippen LogP contribution in [0.4, 0.5) is 0 Å². The second-order valence-electron chi connectivity index (χ2n) is 5.50. The molecule has 1 aromatic heterocycles. The quantitative estimate of drug-likeness (QED) is 0.939. The van der Waals surface area contributed by atoms with Crippen molar-refractivity contribution in [2.75, 3.05) is 14.2 Å². The molecule has 0 atom stereocenters. The number of aromatic amines is 1. The van der Waals surface area contributed by atoms with E-state index in [9.17, 15) is 4.79 Å². The Balaban J connectivity index is 2.72. The van der Waals surface area contributed by atoms with Gasteiger partial charge in [-0.1, -0.05) is 0 Å². The van der Waals surface area contributed by atoms with Crippen molar-refractivity contribution in [1.82, 2.24) is 4.98 Å². The normalized spacial score (nSPS) is 11.5. The predicted molar refractivity (Wildman–Crippen MR) is 83.8 cm³/mol. The summed E-state index contributed by atoms with van der Waals surface area (Å²) in [6, 6.07) is 7.54. The fourth-order valence-electron chi connectivity index (χ4n) is 2.41. The Morgan fingerprint density at radius 3 is 2.48 bits per heavy atom. The van der Waals surface area contributed by atoms with Gasteiger partial charge in [-0.05, 0) is 56.2 Å². The number of nitrogens with one attached hydrogen (secondary N) is 1. The highest BCUT2D eigenvalue weighted by atomic mass is 16.5. The van der Waals surface area contributed by atoms with Crippen LogP contribution in [0.2, 0.25) is 0 Å². The van der Waals surface area contributed by atoms with Crippen LogP contribution in [0.25, 0.3) is 11.1 Å².